The zero-order valence-corrected chi connectivity index (χ0v) is 14.2. The first kappa shape index (κ1) is 17.9. The Labute approximate surface area is 141 Å². The summed E-state index contributed by atoms with van der Waals surface area (Å²) >= 11 is 0. The first-order chi connectivity index (χ1) is 10.5. The minimum absolute atomic E-state index is 0. The van der Waals surface area contributed by atoms with Gasteiger partial charge < -0.3 is 5.32 Å². The lowest BCUT2D eigenvalue weighted by molar-refractivity contribution is 0.556. The van der Waals surface area contributed by atoms with E-state index in [1.807, 2.05) is 18.2 Å². The molecule has 0 spiro atoms. The zero-order chi connectivity index (χ0) is 15.7. The molecule has 2 N–H and O–H groups in total. The van der Waals surface area contributed by atoms with Crippen LogP contribution >= 0.6 is 12.4 Å². The average Bonchev–Trinajstić information content (AvgIpc) is 2.92. The van der Waals surface area contributed by atoms with E-state index in [4.69, 9.17) is 0 Å². The van der Waals surface area contributed by atoms with Crippen LogP contribution in [0, 0.1) is 12.7 Å². The molecule has 7 heteroatoms. The Morgan fingerprint density at radius 3 is 2.61 bits per heavy atom. The van der Waals surface area contributed by atoms with E-state index < -0.39 is 15.8 Å². The second-order valence-electron chi connectivity index (χ2n) is 5.47. The maximum atomic E-state index is 13.8. The number of halogens is 2. The van der Waals surface area contributed by atoms with Crippen LogP contribution in [0.3, 0.4) is 0 Å². The van der Waals surface area contributed by atoms with Gasteiger partial charge in [-0.1, -0.05) is 24.3 Å². The third-order valence-corrected chi connectivity index (χ3v) is 5.18. The van der Waals surface area contributed by atoms with Crippen molar-refractivity contribution in [1.29, 1.82) is 0 Å². The highest BCUT2D eigenvalue weighted by atomic mass is 35.5. The molecular weight excluding hydrogens is 339 g/mol. The molecule has 3 rings (SSSR count). The van der Waals surface area contributed by atoms with Gasteiger partial charge in [-0.2, -0.15) is 0 Å². The van der Waals surface area contributed by atoms with Crippen LogP contribution in [0.15, 0.2) is 41.3 Å². The highest BCUT2D eigenvalue weighted by molar-refractivity contribution is 7.89. The lowest BCUT2D eigenvalue weighted by Gasteiger charge is -2.09. The molecule has 1 aliphatic rings. The normalized spacial score (nSPS) is 13.5. The third kappa shape index (κ3) is 3.90. The molecule has 23 heavy (non-hydrogen) atoms. The summed E-state index contributed by atoms with van der Waals surface area (Å²) in [5, 5.41) is 3.24. The van der Waals surface area contributed by atoms with Crippen molar-refractivity contribution in [2.45, 2.75) is 31.5 Å². The number of sulfonamides is 1. The molecule has 0 aliphatic carbocycles. The third-order valence-electron chi connectivity index (χ3n) is 3.74. The van der Waals surface area contributed by atoms with E-state index in [2.05, 4.69) is 10.0 Å². The van der Waals surface area contributed by atoms with Gasteiger partial charge >= 0.3 is 0 Å². The summed E-state index contributed by atoms with van der Waals surface area (Å²) < 4.78 is 40.7. The summed E-state index contributed by atoms with van der Waals surface area (Å²) in [6.45, 7) is 3.49. The molecular formula is C16H18ClFN2O2S. The largest absolute Gasteiger partial charge is 0.309 e. The molecule has 0 radical (unpaired) electrons. The van der Waals surface area contributed by atoms with Crippen LogP contribution < -0.4 is 10.0 Å². The fraction of sp³-hybridized carbons (Fsp3) is 0.250. The van der Waals surface area contributed by atoms with Crippen molar-refractivity contribution in [3.05, 3.63) is 64.5 Å². The van der Waals surface area contributed by atoms with Crippen LogP contribution in [0.5, 0.6) is 0 Å². The van der Waals surface area contributed by atoms with Crippen molar-refractivity contribution in [2.75, 3.05) is 0 Å². The van der Waals surface area contributed by atoms with E-state index in [0.29, 0.717) is 5.56 Å². The maximum Gasteiger partial charge on any atom is 0.243 e. The smallest absolute Gasteiger partial charge is 0.243 e. The number of fused-ring (bicyclic) bond motifs is 1. The second-order valence-corrected chi connectivity index (χ2v) is 7.20. The number of rotatable bonds is 4. The average molecular weight is 357 g/mol. The van der Waals surface area contributed by atoms with Crippen molar-refractivity contribution < 1.29 is 12.8 Å². The Bertz CT molecular complexity index is 825. The van der Waals surface area contributed by atoms with Gasteiger partial charge in [-0.3, -0.25) is 0 Å². The Hall–Kier alpha value is -1.47. The topological polar surface area (TPSA) is 58.2 Å². The van der Waals surface area contributed by atoms with E-state index in [1.54, 1.807) is 13.0 Å². The van der Waals surface area contributed by atoms with Crippen molar-refractivity contribution in [2.24, 2.45) is 0 Å². The molecule has 0 amide bonds. The summed E-state index contributed by atoms with van der Waals surface area (Å²) in [7, 11) is -3.86. The minimum Gasteiger partial charge on any atom is -0.309 e. The van der Waals surface area contributed by atoms with E-state index in [0.717, 1.165) is 18.7 Å². The summed E-state index contributed by atoms with van der Waals surface area (Å²) in [4.78, 5) is -0.319. The molecule has 2 aromatic rings. The summed E-state index contributed by atoms with van der Waals surface area (Å²) in [6, 6.07) is 9.95. The molecule has 0 atom stereocenters. The first-order valence-electron chi connectivity index (χ1n) is 7.03. The summed E-state index contributed by atoms with van der Waals surface area (Å²) in [6.07, 6.45) is 0. The van der Waals surface area contributed by atoms with Gasteiger partial charge in [0.25, 0.3) is 0 Å². The van der Waals surface area contributed by atoms with Crippen LogP contribution in [-0.2, 0) is 29.7 Å². The van der Waals surface area contributed by atoms with E-state index >= 15 is 0 Å². The summed E-state index contributed by atoms with van der Waals surface area (Å²) in [5.74, 6) is -0.731. The molecule has 0 saturated carbocycles. The quantitative estimate of drug-likeness (QED) is 0.885. The van der Waals surface area contributed by atoms with Crippen LogP contribution in [0.1, 0.15) is 22.3 Å². The van der Waals surface area contributed by atoms with Gasteiger partial charge in [-0.05, 0) is 41.3 Å². The summed E-state index contributed by atoms with van der Waals surface area (Å²) in [5.41, 5.74) is 3.95. The number of hydrogen-bond acceptors (Lipinski definition) is 3. The maximum absolute atomic E-state index is 13.8. The zero-order valence-electron chi connectivity index (χ0n) is 12.6. The van der Waals surface area contributed by atoms with E-state index in [-0.39, 0.29) is 23.8 Å². The molecule has 0 unspecified atom stereocenters. The number of hydrogen-bond donors (Lipinski definition) is 2. The minimum atomic E-state index is -3.86. The second kappa shape index (κ2) is 6.97. The standard InChI is InChI=1S/C16H17FN2O2S.ClH/c1-11-2-5-16(15(17)6-11)22(20,21)19-8-12-3-4-13-9-18-10-14(13)7-12;/h2-7,18-19H,8-10H2,1H3;1H. The van der Waals surface area contributed by atoms with Crippen molar-refractivity contribution >= 4 is 22.4 Å². The molecule has 0 aromatic heterocycles. The molecule has 0 bridgehead atoms. The highest BCUT2D eigenvalue weighted by Crippen LogP contribution is 2.19. The van der Waals surface area contributed by atoms with Crippen LogP contribution in [0.25, 0.3) is 0 Å². The number of aryl methyl sites for hydroxylation is 1. The van der Waals surface area contributed by atoms with Gasteiger partial charge in [0, 0.05) is 19.6 Å². The van der Waals surface area contributed by atoms with Crippen molar-refractivity contribution in [1.82, 2.24) is 10.0 Å². The van der Waals surface area contributed by atoms with Crippen LogP contribution in [0.2, 0.25) is 0 Å². The Balaban J connectivity index is 0.00000192. The van der Waals surface area contributed by atoms with Crippen LogP contribution in [0.4, 0.5) is 4.39 Å². The van der Waals surface area contributed by atoms with Gasteiger partial charge in [0.05, 0.1) is 0 Å². The number of benzene rings is 2. The van der Waals surface area contributed by atoms with Gasteiger partial charge in [-0.25, -0.2) is 17.5 Å². The Morgan fingerprint density at radius 1 is 1.13 bits per heavy atom. The fourth-order valence-corrected chi connectivity index (χ4v) is 3.61. The SMILES string of the molecule is Cc1ccc(S(=O)(=O)NCc2ccc3c(c2)CNC3)c(F)c1.Cl. The van der Waals surface area contributed by atoms with Gasteiger partial charge in [0.15, 0.2) is 0 Å². The van der Waals surface area contributed by atoms with Gasteiger partial charge in [0.1, 0.15) is 10.7 Å². The number of nitrogens with one attached hydrogen (secondary N) is 2. The first-order valence-corrected chi connectivity index (χ1v) is 8.51. The molecule has 0 fully saturated rings. The fourth-order valence-electron chi connectivity index (χ4n) is 2.54. The Morgan fingerprint density at radius 2 is 1.87 bits per heavy atom. The predicted octanol–water partition coefficient (Wildman–Crippen LogP) is 2.64. The van der Waals surface area contributed by atoms with Crippen molar-refractivity contribution in [3.63, 3.8) is 0 Å². The monoisotopic (exact) mass is 356 g/mol. The van der Waals surface area contributed by atoms with Gasteiger partial charge in [0.2, 0.25) is 10.0 Å². The van der Waals surface area contributed by atoms with Gasteiger partial charge in [-0.15, -0.1) is 12.4 Å². The lowest BCUT2D eigenvalue weighted by atomic mass is 10.1. The molecule has 2 aromatic carbocycles. The molecule has 1 heterocycles. The highest BCUT2D eigenvalue weighted by Gasteiger charge is 2.19. The van der Waals surface area contributed by atoms with Crippen LogP contribution in [-0.4, -0.2) is 8.42 Å². The van der Waals surface area contributed by atoms with E-state index in [1.165, 1.54) is 23.3 Å². The lowest BCUT2D eigenvalue weighted by Crippen LogP contribution is -2.24. The van der Waals surface area contributed by atoms with E-state index in [9.17, 15) is 12.8 Å². The molecule has 4 nitrogen and oxygen atoms in total. The molecule has 124 valence electrons. The molecule has 0 saturated heterocycles. The molecule has 1 aliphatic heterocycles. The van der Waals surface area contributed by atoms with Crippen molar-refractivity contribution in [3.8, 4) is 0 Å². The predicted molar refractivity (Wildman–Crippen MR) is 89.4 cm³/mol. The Kier molecular flexibility index (Phi) is 5.41.